The van der Waals surface area contributed by atoms with Gasteiger partial charge in [-0.25, -0.2) is 9.59 Å². The molecule has 1 aromatic carbocycles. The van der Waals surface area contributed by atoms with E-state index in [1.54, 1.807) is 18.2 Å². The summed E-state index contributed by atoms with van der Waals surface area (Å²) in [6.45, 7) is 8.61. The van der Waals surface area contributed by atoms with Crippen LogP contribution in [-0.2, 0) is 23.9 Å². The summed E-state index contributed by atoms with van der Waals surface area (Å²) >= 11 is 0. The standard InChI is InChI=1S/C19H24N2O5/c1-6-11(2)16(22)21-15-9-7-8-14(12(15)3)20-10-13-17(23)25-19(4,5)26-18(13)24/h7-11,20H,6H2,1-5H3,(H,21,22). The molecule has 7 heteroatoms. The third kappa shape index (κ3) is 4.41. The first-order valence-electron chi connectivity index (χ1n) is 8.48. The Kier molecular flexibility index (Phi) is 5.69. The third-order valence-corrected chi connectivity index (χ3v) is 4.14. The second-order valence-electron chi connectivity index (χ2n) is 6.66. The first-order chi connectivity index (χ1) is 12.1. The molecule has 2 rings (SSSR count). The molecule has 1 atom stereocenters. The lowest BCUT2D eigenvalue weighted by Gasteiger charge is -2.29. The van der Waals surface area contributed by atoms with Crippen LogP contribution in [0.3, 0.4) is 0 Å². The van der Waals surface area contributed by atoms with Crippen molar-refractivity contribution in [2.75, 3.05) is 10.6 Å². The van der Waals surface area contributed by atoms with Crippen LogP contribution in [0.1, 0.15) is 39.7 Å². The van der Waals surface area contributed by atoms with Crippen molar-refractivity contribution in [3.8, 4) is 0 Å². The molecule has 1 fully saturated rings. The van der Waals surface area contributed by atoms with E-state index in [4.69, 9.17) is 9.47 Å². The fraction of sp³-hybridized carbons (Fsp3) is 0.421. The molecule has 0 aliphatic carbocycles. The Hall–Kier alpha value is -2.83. The van der Waals surface area contributed by atoms with Gasteiger partial charge in [0.15, 0.2) is 5.57 Å². The Morgan fingerprint density at radius 3 is 2.35 bits per heavy atom. The maximum atomic E-state index is 12.1. The summed E-state index contributed by atoms with van der Waals surface area (Å²) in [7, 11) is 0. The van der Waals surface area contributed by atoms with Gasteiger partial charge in [-0.3, -0.25) is 4.79 Å². The number of cyclic esters (lactones) is 2. The Bertz CT molecular complexity index is 745. The molecule has 1 amide bonds. The number of carbonyl (C=O) groups excluding carboxylic acids is 3. The number of carbonyl (C=O) groups is 3. The quantitative estimate of drug-likeness (QED) is 0.476. The monoisotopic (exact) mass is 360 g/mol. The van der Waals surface area contributed by atoms with Gasteiger partial charge in [0.05, 0.1) is 0 Å². The largest absolute Gasteiger partial charge is 0.419 e. The number of ether oxygens (including phenoxy) is 2. The molecule has 140 valence electrons. The number of benzene rings is 1. The Balaban J connectivity index is 2.18. The molecule has 0 aromatic heterocycles. The van der Waals surface area contributed by atoms with Crippen molar-refractivity contribution in [3.05, 3.63) is 35.5 Å². The molecule has 0 saturated carbocycles. The summed E-state index contributed by atoms with van der Waals surface area (Å²) < 4.78 is 10.1. The van der Waals surface area contributed by atoms with Crippen LogP contribution >= 0.6 is 0 Å². The first-order valence-corrected chi connectivity index (χ1v) is 8.48. The first kappa shape index (κ1) is 19.5. The lowest BCUT2D eigenvalue weighted by Crippen LogP contribution is -2.42. The van der Waals surface area contributed by atoms with Gasteiger partial charge in [0, 0.05) is 37.3 Å². The van der Waals surface area contributed by atoms with Crippen LogP contribution in [0.2, 0.25) is 0 Å². The maximum absolute atomic E-state index is 12.1. The van der Waals surface area contributed by atoms with E-state index in [-0.39, 0.29) is 17.4 Å². The van der Waals surface area contributed by atoms with E-state index in [2.05, 4.69) is 10.6 Å². The zero-order chi connectivity index (χ0) is 19.5. The van der Waals surface area contributed by atoms with E-state index in [0.29, 0.717) is 11.4 Å². The van der Waals surface area contributed by atoms with Gasteiger partial charge in [0.25, 0.3) is 5.79 Å². The number of hydrogen-bond donors (Lipinski definition) is 2. The van der Waals surface area contributed by atoms with E-state index in [0.717, 1.165) is 12.0 Å². The molecule has 1 aliphatic rings. The van der Waals surface area contributed by atoms with Crippen LogP contribution < -0.4 is 10.6 Å². The molecule has 2 N–H and O–H groups in total. The minimum atomic E-state index is -1.28. The third-order valence-electron chi connectivity index (χ3n) is 4.14. The highest BCUT2D eigenvalue weighted by molar-refractivity contribution is 6.15. The van der Waals surface area contributed by atoms with E-state index in [9.17, 15) is 14.4 Å². The van der Waals surface area contributed by atoms with Crippen LogP contribution in [0.25, 0.3) is 0 Å². The molecular weight excluding hydrogens is 336 g/mol. The number of nitrogens with one attached hydrogen (secondary N) is 2. The minimum absolute atomic E-state index is 0.0622. The molecule has 1 aliphatic heterocycles. The minimum Gasteiger partial charge on any atom is -0.419 e. The molecule has 1 aromatic rings. The van der Waals surface area contributed by atoms with Crippen LogP contribution in [0.15, 0.2) is 30.0 Å². The molecule has 26 heavy (non-hydrogen) atoms. The van der Waals surface area contributed by atoms with Crippen molar-refractivity contribution < 1.29 is 23.9 Å². The summed E-state index contributed by atoms with van der Waals surface area (Å²) in [5.41, 5.74) is 1.86. The van der Waals surface area contributed by atoms with Gasteiger partial charge < -0.3 is 20.1 Å². The molecule has 0 bridgehead atoms. The molecule has 1 heterocycles. The van der Waals surface area contributed by atoms with Gasteiger partial charge in [-0.15, -0.1) is 0 Å². The van der Waals surface area contributed by atoms with Gasteiger partial charge >= 0.3 is 11.9 Å². The normalized spacial score (nSPS) is 17.0. The highest BCUT2D eigenvalue weighted by Gasteiger charge is 2.38. The van der Waals surface area contributed by atoms with Crippen molar-refractivity contribution >= 4 is 29.2 Å². The van der Waals surface area contributed by atoms with E-state index >= 15 is 0 Å². The van der Waals surface area contributed by atoms with Gasteiger partial charge in [0.1, 0.15) is 0 Å². The Morgan fingerprint density at radius 1 is 1.19 bits per heavy atom. The SMILES string of the molecule is CCC(C)C(=O)Nc1cccc(NC=C2C(=O)OC(C)(C)OC2=O)c1C. The summed E-state index contributed by atoms with van der Waals surface area (Å²) in [6.07, 6.45) is 2.00. The number of hydrogen-bond acceptors (Lipinski definition) is 6. The fourth-order valence-corrected chi connectivity index (χ4v) is 2.30. The number of rotatable bonds is 5. The van der Waals surface area contributed by atoms with Crippen molar-refractivity contribution in [2.24, 2.45) is 5.92 Å². The van der Waals surface area contributed by atoms with Crippen molar-refractivity contribution in [1.82, 2.24) is 0 Å². The molecule has 1 saturated heterocycles. The van der Waals surface area contributed by atoms with Gasteiger partial charge in [-0.2, -0.15) is 0 Å². The lowest BCUT2D eigenvalue weighted by molar-refractivity contribution is -0.222. The van der Waals surface area contributed by atoms with Crippen LogP contribution in [0.4, 0.5) is 11.4 Å². The maximum Gasteiger partial charge on any atom is 0.350 e. The second-order valence-corrected chi connectivity index (χ2v) is 6.66. The average molecular weight is 360 g/mol. The second kappa shape index (κ2) is 7.59. The van der Waals surface area contributed by atoms with Crippen molar-refractivity contribution in [1.29, 1.82) is 0 Å². The van der Waals surface area contributed by atoms with Crippen molar-refractivity contribution in [2.45, 2.75) is 46.8 Å². The Morgan fingerprint density at radius 2 is 1.77 bits per heavy atom. The van der Waals surface area contributed by atoms with E-state index in [1.807, 2.05) is 20.8 Å². The zero-order valence-electron chi connectivity index (χ0n) is 15.6. The van der Waals surface area contributed by atoms with Crippen molar-refractivity contribution in [3.63, 3.8) is 0 Å². The van der Waals surface area contributed by atoms with Crippen LogP contribution in [0.5, 0.6) is 0 Å². The van der Waals surface area contributed by atoms with Crippen LogP contribution in [0, 0.1) is 12.8 Å². The predicted octanol–water partition coefficient (Wildman–Crippen LogP) is 3.11. The average Bonchev–Trinajstić information content (AvgIpc) is 2.55. The summed E-state index contributed by atoms with van der Waals surface area (Å²) in [5.74, 6) is -2.94. The fourth-order valence-electron chi connectivity index (χ4n) is 2.30. The Labute approximate surface area is 152 Å². The summed E-state index contributed by atoms with van der Waals surface area (Å²) in [6, 6.07) is 5.33. The highest BCUT2D eigenvalue weighted by atomic mass is 16.7. The zero-order valence-corrected chi connectivity index (χ0v) is 15.6. The molecular formula is C19H24N2O5. The molecule has 1 unspecified atom stereocenters. The number of esters is 2. The topological polar surface area (TPSA) is 93.7 Å². The predicted molar refractivity (Wildman–Crippen MR) is 97.2 cm³/mol. The van der Waals surface area contributed by atoms with E-state index in [1.165, 1.54) is 20.0 Å². The summed E-state index contributed by atoms with van der Waals surface area (Å²) in [5, 5.41) is 5.80. The van der Waals surface area contributed by atoms with Gasteiger partial charge in [0.2, 0.25) is 5.91 Å². The smallest absolute Gasteiger partial charge is 0.350 e. The van der Waals surface area contributed by atoms with Crippen LogP contribution in [-0.4, -0.2) is 23.6 Å². The van der Waals surface area contributed by atoms with Gasteiger partial charge in [-0.1, -0.05) is 19.9 Å². The molecule has 0 radical (unpaired) electrons. The highest BCUT2D eigenvalue weighted by Crippen LogP contribution is 2.26. The lowest BCUT2D eigenvalue weighted by atomic mass is 10.1. The van der Waals surface area contributed by atoms with E-state index < -0.39 is 17.7 Å². The van der Waals surface area contributed by atoms with Gasteiger partial charge in [-0.05, 0) is 31.0 Å². The number of anilines is 2. The molecule has 7 nitrogen and oxygen atoms in total. The molecule has 0 spiro atoms. The number of amides is 1. The summed E-state index contributed by atoms with van der Waals surface area (Å²) in [4.78, 5) is 36.0.